The molecule has 1 aliphatic rings. The van der Waals surface area contributed by atoms with Crippen LogP contribution in [0.15, 0.2) is 0 Å². The fraction of sp³-hybridized carbons (Fsp3) is 0.667. The first-order valence-corrected chi connectivity index (χ1v) is 4.12. The molecule has 1 saturated heterocycles. The average Bonchev–Trinajstić information content (AvgIpc) is 2.06. The highest BCUT2D eigenvalue weighted by Crippen LogP contribution is 2.03. The summed E-state index contributed by atoms with van der Waals surface area (Å²) < 4.78 is 0. The maximum absolute atomic E-state index is 8.48. The van der Waals surface area contributed by atoms with Gasteiger partial charge in [0.05, 0.1) is 25.8 Å². The third-order valence-electron chi connectivity index (χ3n) is 1.96. The van der Waals surface area contributed by atoms with Crippen molar-refractivity contribution in [3.63, 3.8) is 0 Å². The second-order valence-electron chi connectivity index (χ2n) is 2.96. The van der Waals surface area contributed by atoms with Crippen LogP contribution in [0.25, 0.3) is 0 Å². The highest BCUT2D eigenvalue weighted by molar-refractivity contribution is 4.89. The highest BCUT2D eigenvalue weighted by Gasteiger charge is 2.15. The molecule has 0 amide bonds. The molecule has 0 aromatic carbocycles. The first-order chi connectivity index (χ1) is 5.86. The summed E-state index contributed by atoms with van der Waals surface area (Å²) in [5.74, 6) is 2.62. The van der Waals surface area contributed by atoms with Crippen LogP contribution in [0, 0.1) is 23.7 Å². The average molecular weight is 163 g/mol. The molecule has 3 nitrogen and oxygen atoms in total. The lowest BCUT2D eigenvalue weighted by Crippen LogP contribution is -2.44. The second kappa shape index (κ2) is 4.77. The van der Waals surface area contributed by atoms with Crippen LogP contribution in [-0.4, -0.2) is 42.6 Å². The molecule has 1 fully saturated rings. The molecule has 3 heteroatoms. The van der Waals surface area contributed by atoms with Gasteiger partial charge in [-0.3, -0.25) is 9.80 Å². The highest BCUT2D eigenvalue weighted by atomic mass is 15.3. The van der Waals surface area contributed by atoms with Gasteiger partial charge in [0.2, 0.25) is 0 Å². The molecule has 0 aliphatic carbocycles. The monoisotopic (exact) mass is 163 g/mol. The summed E-state index contributed by atoms with van der Waals surface area (Å²) in [6.07, 6.45) is 6.32. The van der Waals surface area contributed by atoms with Crippen LogP contribution in [0.5, 0.6) is 0 Å². The van der Waals surface area contributed by atoms with E-state index in [4.69, 9.17) is 11.7 Å². The fourth-order valence-corrected chi connectivity index (χ4v) is 1.43. The lowest BCUT2D eigenvalue weighted by molar-refractivity contribution is 0.109. The van der Waals surface area contributed by atoms with Crippen LogP contribution in [-0.2, 0) is 0 Å². The lowest BCUT2D eigenvalue weighted by Gasteiger charge is -2.32. The molecular weight excluding hydrogens is 150 g/mol. The predicted molar refractivity (Wildman–Crippen MR) is 47.1 cm³/mol. The molecule has 1 rings (SSSR count). The van der Waals surface area contributed by atoms with Crippen molar-refractivity contribution >= 4 is 0 Å². The minimum Gasteiger partial charge on any atom is -0.279 e. The molecule has 0 radical (unpaired) electrons. The normalized spacial score (nSPS) is 19.8. The Hall–Kier alpha value is -1.03. The Morgan fingerprint density at radius 3 is 2.50 bits per heavy atom. The number of terminal acetylenes is 1. The Labute approximate surface area is 73.6 Å². The summed E-state index contributed by atoms with van der Waals surface area (Å²) in [4.78, 5) is 4.29. The summed E-state index contributed by atoms with van der Waals surface area (Å²) in [6, 6.07) is 2.15. The van der Waals surface area contributed by atoms with Gasteiger partial charge in [0.1, 0.15) is 0 Å². The maximum Gasteiger partial charge on any atom is 0.0876 e. The predicted octanol–water partition coefficient (Wildman–Crippen LogP) is 0.108. The van der Waals surface area contributed by atoms with Gasteiger partial charge in [0.15, 0.2) is 0 Å². The SMILES string of the molecule is C#CCN1CCCN(CC#N)C1. The van der Waals surface area contributed by atoms with E-state index in [0.717, 1.165) is 26.2 Å². The Kier molecular flexibility index (Phi) is 3.60. The Bertz CT molecular complexity index is 189. The van der Waals surface area contributed by atoms with Gasteiger partial charge < -0.3 is 0 Å². The van der Waals surface area contributed by atoms with E-state index in [0.29, 0.717) is 13.1 Å². The quantitative estimate of drug-likeness (QED) is 0.427. The van der Waals surface area contributed by atoms with Crippen molar-refractivity contribution in [3.8, 4) is 18.4 Å². The van der Waals surface area contributed by atoms with Gasteiger partial charge in [-0.15, -0.1) is 6.42 Å². The summed E-state index contributed by atoms with van der Waals surface area (Å²) in [5.41, 5.74) is 0. The number of hydrogen-bond donors (Lipinski definition) is 0. The molecule has 64 valence electrons. The third kappa shape index (κ3) is 2.54. The zero-order valence-electron chi connectivity index (χ0n) is 7.16. The van der Waals surface area contributed by atoms with Crippen LogP contribution >= 0.6 is 0 Å². The van der Waals surface area contributed by atoms with Gasteiger partial charge in [0, 0.05) is 13.1 Å². The molecule has 0 atom stereocenters. The van der Waals surface area contributed by atoms with Crippen molar-refractivity contribution in [3.05, 3.63) is 0 Å². The first-order valence-electron chi connectivity index (χ1n) is 4.12. The van der Waals surface area contributed by atoms with E-state index in [1.807, 2.05) is 0 Å². The topological polar surface area (TPSA) is 30.3 Å². The van der Waals surface area contributed by atoms with Gasteiger partial charge in [-0.2, -0.15) is 5.26 Å². The Morgan fingerprint density at radius 2 is 1.92 bits per heavy atom. The minimum absolute atomic E-state index is 0.515. The van der Waals surface area contributed by atoms with Crippen LogP contribution in [0.4, 0.5) is 0 Å². The van der Waals surface area contributed by atoms with Gasteiger partial charge in [-0.1, -0.05) is 5.92 Å². The molecule has 1 aliphatic heterocycles. The standard InChI is InChI=1S/C9H13N3/c1-2-5-11-6-3-7-12(9-11)8-4-10/h1H,3,5-9H2. The summed E-state index contributed by atoms with van der Waals surface area (Å²) in [7, 11) is 0. The van der Waals surface area contributed by atoms with Crippen LogP contribution in [0.2, 0.25) is 0 Å². The van der Waals surface area contributed by atoms with Crippen molar-refractivity contribution in [2.75, 3.05) is 32.8 Å². The Balaban J connectivity index is 2.32. The van der Waals surface area contributed by atoms with E-state index >= 15 is 0 Å². The third-order valence-corrected chi connectivity index (χ3v) is 1.96. The molecule has 0 aromatic heterocycles. The van der Waals surface area contributed by atoms with Crippen LogP contribution in [0.1, 0.15) is 6.42 Å². The minimum atomic E-state index is 0.515. The Morgan fingerprint density at radius 1 is 1.25 bits per heavy atom. The van der Waals surface area contributed by atoms with E-state index in [-0.39, 0.29) is 0 Å². The molecule has 0 N–H and O–H groups in total. The molecule has 0 bridgehead atoms. The molecule has 1 heterocycles. The molecule has 12 heavy (non-hydrogen) atoms. The van der Waals surface area contributed by atoms with Gasteiger partial charge >= 0.3 is 0 Å². The second-order valence-corrected chi connectivity index (χ2v) is 2.96. The molecule has 0 spiro atoms. The first kappa shape index (κ1) is 9.06. The van der Waals surface area contributed by atoms with E-state index in [1.165, 1.54) is 0 Å². The van der Waals surface area contributed by atoms with Crippen molar-refractivity contribution in [2.45, 2.75) is 6.42 Å². The van der Waals surface area contributed by atoms with Crippen LogP contribution < -0.4 is 0 Å². The summed E-state index contributed by atoms with van der Waals surface area (Å²) >= 11 is 0. The van der Waals surface area contributed by atoms with Crippen LogP contribution in [0.3, 0.4) is 0 Å². The zero-order valence-corrected chi connectivity index (χ0v) is 7.16. The molecule has 0 aromatic rings. The largest absolute Gasteiger partial charge is 0.279 e. The van der Waals surface area contributed by atoms with Gasteiger partial charge in [0.25, 0.3) is 0 Å². The van der Waals surface area contributed by atoms with Crippen molar-refractivity contribution in [1.29, 1.82) is 5.26 Å². The van der Waals surface area contributed by atoms with E-state index in [1.54, 1.807) is 0 Å². The van der Waals surface area contributed by atoms with Crippen molar-refractivity contribution < 1.29 is 0 Å². The summed E-state index contributed by atoms with van der Waals surface area (Å²) in [6.45, 7) is 4.14. The zero-order chi connectivity index (χ0) is 8.81. The molecule has 0 unspecified atom stereocenters. The maximum atomic E-state index is 8.48. The smallest absolute Gasteiger partial charge is 0.0876 e. The van der Waals surface area contributed by atoms with E-state index in [2.05, 4.69) is 21.8 Å². The lowest BCUT2D eigenvalue weighted by atomic mass is 10.3. The van der Waals surface area contributed by atoms with Gasteiger partial charge in [-0.05, 0) is 6.42 Å². The number of nitrogens with zero attached hydrogens (tertiary/aromatic N) is 3. The number of hydrogen-bond acceptors (Lipinski definition) is 3. The summed E-state index contributed by atoms with van der Waals surface area (Å²) in [5, 5.41) is 8.48. The van der Waals surface area contributed by atoms with Crippen molar-refractivity contribution in [1.82, 2.24) is 9.80 Å². The van der Waals surface area contributed by atoms with Crippen molar-refractivity contribution in [2.24, 2.45) is 0 Å². The molecule has 0 saturated carbocycles. The van der Waals surface area contributed by atoms with E-state index in [9.17, 15) is 0 Å². The fourth-order valence-electron chi connectivity index (χ4n) is 1.43. The van der Waals surface area contributed by atoms with Gasteiger partial charge in [-0.25, -0.2) is 0 Å². The van der Waals surface area contributed by atoms with E-state index < -0.39 is 0 Å². The number of nitriles is 1. The number of rotatable bonds is 2. The molecular formula is C9H13N3.